The van der Waals surface area contributed by atoms with E-state index in [1.165, 1.54) is 0 Å². The van der Waals surface area contributed by atoms with Crippen molar-refractivity contribution in [1.82, 2.24) is 25.1 Å². The number of hydrogen-bond acceptors (Lipinski definition) is 6. The highest BCUT2D eigenvalue weighted by atomic mass is 15.3. The molecule has 3 rings (SSSR count). The zero-order chi connectivity index (χ0) is 13.1. The van der Waals surface area contributed by atoms with Crippen LogP contribution < -0.4 is 16.0 Å². The van der Waals surface area contributed by atoms with Crippen LogP contribution in [0.1, 0.15) is 6.42 Å². The fourth-order valence-corrected chi connectivity index (χ4v) is 2.10. The average Bonchev–Trinajstić information content (AvgIpc) is 3.02. The number of nitrogens with one attached hydrogen (secondary N) is 3. The Morgan fingerprint density at radius 1 is 1.47 bits per heavy atom. The van der Waals surface area contributed by atoms with Crippen molar-refractivity contribution in [1.29, 1.82) is 0 Å². The van der Waals surface area contributed by atoms with Gasteiger partial charge in [-0.2, -0.15) is 10.1 Å². The Balaban J connectivity index is 1.68. The molecule has 19 heavy (non-hydrogen) atoms. The summed E-state index contributed by atoms with van der Waals surface area (Å²) in [6, 6.07) is 2.33. The summed E-state index contributed by atoms with van der Waals surface area (Å²) in [4.78, 5) is 8.65. The maximum Gasteiger partial charge on any atom is 0.229 e. The Kier molecular flexibility index (Phi) is 3.28. The number of anilines is 3. The summed E-state index contributed by atoms with van der Waals surface area (Å²) in [6.45, 7) is 2.04. The van der Waals surface area contributed by atoms with Crippen molar-refractivity contribution in [2.75, 3.05) is 23.7 Å². The van der Waals surface area contributed by atoms with Crippen LogP contribution in [-0.4, -0.2) is 38.9 Å². The Hall–Kier alpha value is -2.15. The van der Waals surface area contributed by atoms with E-state index in [0.29, 0.717) is 12.0 Å². The lowest BCUT2D eigenvalue weighted by molar-refractivity contribution is 0.768. The van der Waals surface area contributed by atoms with Crippen molar-refractivity contribution in [2.45, 2.75) is 12.5 Å². The van der Waals surface area contributed by atoms with Gasteiger partial charge in [0.1, 0.15) is 5.82 Å². The molecule has 3 N–H and O–H groups in total. The van der Waals surface area contributed by atoms with Gasteiger partial charge in [-0.15, -0.1) is 0 Å². The summed E-state index contributed by atoms with van der Waals surface area (Å²) < 4.78 is 1.73. The largest absolute Gasteiger partial charge is 0.366 e. The molecule has 2 aromatic heterocycles. The van der Waals surface area contributed by atoms with Gasteiger partial charge in [-0.25, -0.2) is 4.98 Å². The SMILES string of the molecule is Cn1cc(Nc2nccc(NC3CCNC3)n2)cn1. The van der Waals surface area contributed by atoms with Gasteiger partial charge in [0.15, 0.2) is 0 Å². The van der Waals surface area contributed by atoms with Crippen LogP contribution in [0, 0.1) is 0 Å². The molecule has 7 nitrogen and oxygen atoms in total. The van der Waals surface area contributed by atoms with E-state index in [4.69, 9.17) is 0 Å². The normalized spacial score (nSPS) is 18.5. The van der Waals surface area contributed by atoms with Gasteiger partial charge < -0.3 is 16.0 Å². The van der Waals surface area contributed by atoms with E-state index in [1.807, 2.05) is 19.3 Å². The lowest BCUT2D eigenvalue weighted by Gasteiger charge is -2.12. The standard InChI is InChI=1S/C12H17N7/c1-19-8-10(7-15-19)17-12-14-5-3-11(18-12)16-9-2-4-13-6-9/h3,5,7-9,13H,2,4,6H2,1H3,(H2,14,16,17,18). The summed E-state index contributed by atoms with van der Waals surface area (Å²) in [5.41, 5.74) is 0.877. The predicted molar refractivity (Wildman–Crippen MR) is 73.4 cm³/mol. The van der Waals surface area contributed by atoms with Crippen LogP contribution in [0.5, 0.6) is 0 Å². The molecule has 2 aromatic rings. The quantitative estimate of drug-likeness (QED) is 0.751. The van der Waals surface area contributed by atoms with Crippen molar-refractivity contribution in [3.63, 3.8) is 0 Å². The van der Waals surface area contributed by atoms with Crippen molar-refractivity contribution in [3.8, 4) is 0 Å². The van der Waals surface area contributed by atoms with Gasteiger partial charge in [-0.05, 0) is 19.0 Å². The summed E-state index contributed by atoms with van der Waals surface area (Å²) in [6.07, 6.45) is 6.49. The number of aryl methyl sites for hydroxylation is 1. The first-order chi connectivity index (χ1) is 9.29. The minimum atomic E-state index is 0.446. The van der Waals surface area contributed by atoms with Crippen LogP contribution in [0.15, 0.2) is 24.7 Å². The maximum absolute atomic E-state index is 4.44. The Labute approximate surface area is 111 Å². The molecule has 100 valence electrons. The van der Waals surface area contributed by atoms with Gasteiger partial charge in [0.05, 0.1) is 11.9 Å². The average molecular weight is 259 g/mol. The van der Waals surface area contributed by atoms with Crippen molar-refractivity contribution in [2.24, 2.45) is 7.05 Å². The van der Waals surface area contributed by atoms with Crippen molar-refractivity contribution < 1.29 is 0 Å². The molecule has 0 radical (unpaired) electrons. The molecule has 1 aliphatic rings. The fourth-order valence-electron chi connectivity index (χ4n) is 2.10. The van der Waals surface area contributed by atoms with Gasteiger partial charge >= 0.3 is 0 Å². The molecule has 0 aliphatic carbocycles. The summed E-state index contributed by atoms with van der Waals surface area (Å²) >= 11 is 0. The first kappa shape index (κ1) is 11.9. The molecule has 0 saturated carbocycles. The fraction of sp³-hybridized carbons (Fsp3) is 0.417. The van der Waals surface area contributed by atoms with E-state index in [-0.39, 0.29) is 0 Å². The molecule has 1 unspecified atom stereocenters. The third-order valence-electron chi connectivity index (χ3n) is 3.03. The second-order valence-electron chi connectivity index (χ2n) is 4.63. The molecule has 0 aromatic carbocycles. The zero-order valence-electron chi connectivity index (χ0n) is 10.8. The third-order valence-corrected chi connectivity index (χ3v) is 3.03. The minimum Gasteiger partial charge on any atom is -0.366 e. The highest BCUT2D eigenvalue weighted by Crippen LogP contribution is 2.14. The number of rotatable bonds is 4. The molecule has 1 fully saturated rings. The van der Waals surface area contributed by atoms with Crippen LogP contribution >= 0.6 is 0 Å². The molecule has 1 atom stereocenters. The van der Waals surface area contributed by atoms with Crippen LogP contribution in [-0.2, 0) is 7.05 Å². The molecule has 3 heterocycles. The number of nitrogens with zero attached hydrogens (tertiary/aromatic N) is 4. The monoisotopic (exact) mass is 259 g/mol. The van der Waals surface area contributed by atoms with E-state index >= 15 is 0 Å². The maximum atomic E-state index is 4.44. The Morgan fingerprint density at radius 3 is 3.16 bits per heavy atom. The molecule has 1 aliphatic heterocycles. The lowest BCUT2D eigenvalue weighted by Crippen LogP contribution is -2.22. The van der Waals surface area contributed by atoms with Gasteiger partial charge in [-0.1, -0.05) is 0 Å². The van der Waals surface area contributed by atoms with Crippen molar-refractivity contribution >= 4 is 17.5 Å². The molecule has 0 amide bonds. The summed E-state index contributed by atoms with van der Waals surface area (Å²) in [5.74, 6) is 1.42. The van der Waals surface area contributed by atoms with Crippen LogP contribution in [0.4, 0.5) is 17.5 Å². The van der Waals surface area contributed by atoms with E-state index in [2.05, 4.69) is 31.0 Å². The first-order valence-corrected chi connectivity index (χ1v) is 6.35. The Morgan fingerprint density at radius 2 is 2.42 bits per heavy atom. The smallest absolute Gasteiger partial charge is 0.229 e. The van der Waals surface area contributed by atoms with Gasteiger partial charge in [0.25, 0.3) is 0 Å². The minimum absolute atomic E-state index is 0.446. The van der Waals surface area contributed by atoms with E-state index in [0.717, 1.165) is 31.0 Å². The van der Waals surface area contributed by atoms with Gasteiger partial charge in [-0.3, -0.25) is 4.68 Å². The summed E-state index contributed by atoms with van der Waals surface area (Å²) in [7, 11) is 1.87. The summed E-state index contributed by atoms with van der Waals surface area (Å²) in [5, 5.41) is 13.9. The third kappa shape index (κ3) is 3.00. The predicted octanol–water partition coefficient (Wildman–Crippen LogP) is 0.727. The van der Waals surface area contributed by atoms with E-state index in [1.54, 1.807) is 17.1 Å². The van der Waals surface area contributed by atoms with Crippen LogP contribution in [0.3, 0.4) is 0 Å². The van der Waals surface area contributed by atoms with E-state index in [9.17, 15) is 0 Å². The molecule has 7 heteroatoms. The Bertz CT molecular complexity index is 545. The van der Waals surface area contributed by atoms with Crippen LogP contribution in [0.2, 0.25) is 0 Å². The molecule has 0 bridgehead atoms. The topological polar surface area (TPSA) is 79.7 Å². The van der Waals surface area contributed by atoms with Crippen molar-refractivity contribution in [3.05, 3.63) is 24.7 Å². The number of hydrogen-bond donors (Lipinski definition) is 3. The van der Waals surface area contributed by atoms with E-state index < -0.39 is 0 Å². The number of aromatic nitrogens is 4. The zero-order valence-corrected chi connectivity index (χ0v) is 10.8. The van der Waals surface area contributed by atoms with Gasteiger partial charge in [0.2, 0.25) is 5.95 Å². The van der Waals surface area contributed by atoms with Crippen LogP contribution in [0.25, 0.3) is 0 Å². The highest BCUT2D eigenvalue weighted by molar-refractivity contribution is 5.52. The second kappa shape index (κ2) is 5.23. The highest BCUT2D eigenvalue weighted by Gasteiger charge is 2.14. The molecule has 1 saturated heterocycles. The lowest BCUT2D eigenvalue weighted by atomic mass is 10.2. The molecular formula is C12H17N7. The van der Waals surface area contributed by atoms with Gasteiger partial charge in [0, 0.05) is 32.0 Å². The molecule has 0 spiro atoms. The molecular weight excluding hydrogens is 242 g/mol. The second-order valence-corrected chi connectivity index (χ2v) is 4.63. The first-order valence-electron chi connectivity index (χ1n) is 6.35.